The average molecular weight is 254 g/mol. The quantitative estimate of drug-likeness (QED) is 0.838. The Morgan fingerprint density at radius 2 is 1.94 bits per heavy atom. The Bertz CT molecular complexity index is 298. The maximum absolute atomic E-state index is 10.9. The van der Waals surface area contributed by atoms with Gasteiger partial charge in [-0.1, -0.05) is 6.42 Å². The fourth-order valence-electron chi connectivity index (χ4n) is 3.75. The van der Waals surface area contributed by atoms with Gasteiger partial charge in [-0.3, -0.25) is 0 Å². The molecule has 1 amide bonds. The molecule has 1 aliphatic carbocycles. The van der Waals surface area contributed by atoms with Gasteiger partial charge in [0, 0.05) is 6.04 Å². The number of nitrogens with zero attached hydrogens (tertiary/aromatic N) is 1. The molecular formula is C14H26N2O2. The highest BCUT2D eigenvalue weighted by molar-refractivity contribution is 5.65. The Morgan fingerprint density at radius 3 is 2.56 bits per heavy atom. The van der Waals surface area contributed by atoms with Gasteiger partial charge in [0.15, 0.2) is 0 Å². The third-order valence-electron chi connectivity index (χ3n) is 4.36. The molecule has 0 aromatic carbocycles. The smallest absolute Gasteiger partial charge is 0.405 e. The summed E-state index contributed by atoms with van der Waals surface area (Å²) in [6.45, 7) is 6.44. The fourth-order valence-corrected chi connectivity index (χ4v) is 3.75. The number of hydrogen-bond acceptors (Lipinski definition) is 3. The van der Waals surface area contributed by atoms with Crippen molar-refractivity contribution in [3.8, 4) is 0 Å². The molecule has 0 spiro atoms. The number of amides is 1. The molecule has 1 heterocycles. The molecule has 2 rings (SSSR count). The van der Waals surface area contributed by atoms with Crippen LogP contribution in [0.25, 0.3) is 0 Å². The molecule has 0 aromatic heterocycles. The van der Waals surface area contributed by atoms with Crippen LogP contribution in [-0.2, 0) is 4.74 Å². The van der Waals surface area contributed by atoms with Gasteiger partial charge in [-0.2, -0.15) is 0 Å². The van der Waals surface area contributed by atoms with E-state index in [9.17, 15) is 4.79 Å². The largest absolute Gasteiger partial charge is 0.444 e. The van der Waals surface area contributed by atoms with Gasteiger partial charge in [-0.25, -0.2) is 4.79 Å². The van der Waals surface area contributed by atoms with E-state index in [1.807, 2.05) is 13.8 Å². The minimum absolute atomic E-state index is 0.432. The highest BCUT2D eigenvalue weighted by Crippen LogP contribution is 2.37. The van der Waals surface area contributed by atoms with E-state index in [1.54, 1.807) is 0 Å². The minimum Gasteiger partial charge on any atom is -0.444 e. The summed E-state index contributed by atoms with van der Waals surface area (Å²) in [5, 5.41) is 0. The molecule has 0 aromatic rings. The predicted octanol–water partition coefficient (Wildman–Crippen LogP) is 2.51. The van der Waals surface area contributed by atoms with Crippen LogP contribution in [0.5, 0.6) is 0 Å². The van der Waals surface area contributed by atoms with E-state index in [4.69, 9.17) is 10.5 Å². The van der Waals surface area contributed by atoms with Gasteiger partial charge in [0.2, 0.25) is 0 Å². The van der Waals surface area contributed by atoms with Crippen LogP contribution >= 0.6 is 0 Å². The van der Waals surface area contributed by atoms with E-state index in [2.05, 4.69) is 4.90 Å². The third-order valence-corrected chi connectivity index (χ3v) is 4.36. The zero-order chi connectivity index (χ0) is 13.2. The molecular weight excluding hydrogens is 228 g/mol. The first-order chi connectivity index (χ1) is 8.48. The van der Waals surface area contributed by atoms with Crippen molar-refractivity contribution in [1.82, 2.24) is 4.90 Å². The molecule has 104 valence electrons. The Balaban J connectivity index is 1.92. The lowest BCUT2D eigenvalue weighted by Crippen LogP contribution is -2.40. The summed E-state index contributed by atoms with van der Waals surface area (Å²) < 4.78 is 5.23. The van der Waals surface area contributed by atoms with Crippen molar-refractivity contribution in [3.63, 3.8) is 0 Å². The molecule has 2 atom stereocenters. The van der Waals surface area contributed by atoms with Crippen LogP contribution in [-0.4, -0.2) is 35.7 Å². The van der Waals surface area contributed by atoms with Gasteiger partial charge < -0.3 is 15.4 Å². The van der Waals surface area contributed by atoms with E-state index in [0.29, 0.717) is 12.0 Å². The molecule has 0 bridgehead atoms. The maximum atomic E-state index is 10.9. The summed E-state index contributed by atoms with van der Waals surface area (Å²) in [6.07, 6.45) is 6.81. The summed E-state index contributed by atoms with van der Waals surface area (Å²) in [5.41, 5.74) is 4.71. The van der Waals surface area contributed by atoms with Crippen LogP contribution in [0.1, 0.15) is 52.4 Å². The normalized spacial score (nSPS) is 29.7. The minimum atomic E-state index is -0.657. The number of primary amides is 1. The summed E-state index contributed by atoms with van der Waals surface area (Å²) in [6, 6.07) is 0.697. The third kappa shape index (κ3) is 3.37. The van der Waals surface area contributed by atoms with Crippen molar-refractivity contribution in [2.24, 2.45) is 11.7 Å². The van der Waals surface area contributed by atoms with Crippen LogP contribution in [0, 0.1) is 5.92 Å². The fraction of sp³-hybridized carbons (Fsp3) is 0.929. The van der Waals surface area contributed by atoms with Crippen LogP contribution < -0.4 is 5.73 Å². The number of carbonyl (C=O) groups excluding carboxylic acids is 1. The van der Waals surface area contributed by atoms with E-state index in [0.717, 1.165) is 6.42 Å². The lowest BCUT2D eigenvalue weighted by Gasteiger charge is -2.34. The SMILES string of the molecule is CC(C)(C[C@@H]1CCC[C@@H]1N1CCCC1)OC(N)=O. The molecule has 2 aliphatic rings. The average Bonchev–Trinajstić information content (AvgIpc) is 2.83. The second kappa shape index (κ2) is 5.47. The predicted molar refractivity (Wildman–Crippen MR) is 71.3 cm³/mol. The van der Waals surface area contributed by atoms with Gasteiger partial charge >= 0.3 is 6.09 Å². The van der Waals surface area contributed by atoms with Crippen LogP contribution in [0.2, 0.25) is 0 Å². The first-order valence-electron chi connectivity index (χ1n) is 7.20. The van der Waals surface area contributed by atoms with Gasteiger partial charge in [-0.05, 0) is 65.0 Å². The van der Waals surface area contributed by atoms with E-state index in [-0.39, 0.29) is 0 Å². The van der Waals surface area contributed by atoms with Gasteiger partial charge in [-0.15, -0.1) is 0 Å². The van der Waals surface area contributed by atoms with Gasteiger partial charge in [0.1, 0.15) is 5.60 Å². The molecule has 0 unspecified atom stereocenters. The van der Waals surface area contributed by atoms with E-state index >= 15 is 0 Å². The monoisotopic (exact) mass is 254 g/mol. The first-order valence-corrected chi connectivity index (χ1v) is 7.20. The number of carbonyl (C=O) groups is 1. The molecule has 18 heavy (non-hydrogen) atoms. The van der Waals surface area contributed by atoms with E-state index in [1.165, 1.54) is 45.2 Å². The second-order valence-electron chi connectivity index (χ2n) is 6.39. The summed E-state index contributed by atoms with van der Waals surface area (Å²) >= 11 is 0. The summed E-state index contributed by atoms with van der Waals surface area (Å²) in [4.78, 5) is 13.6. The molecule has 1 saturated heterocycles. The number of nitrogens with two attached hydrogens (primary N) is 1. The molecule has 4 nitrogen and oxygen atoms in total. The summed E-state index contributed by atoms with van der Waals surface area (Å²) in [7, 11) is 0. The Hall–Kier alpha value is -0.770. The molecule has 2 N–H and O–H groups in total. The Kier molecular flexibility index (Phi) is 4.15. The molecule has 1 aliphatic heterocycles. The van der Waals surface area contributed by atoms with Crippen molar-refractivity contribution < 1.29 is 9.53 Å². The lowest BCUT2D eigenvalue weighted by atomic mass is 9.89. The number of likely N-dealkylation sites (tertiary alicyclic amines) is 1. The maximum Gasteiger partial charge on any atom is 0.405 e. The zero-order valence-electron chi connectivity index (χ0n) is 11.7. The van der Waals surface area contributed by atoms with Crippen molar-refractivity contribution in [3.05, 3.63) is 0 Å². The van der Waals surface area contributed by atoms with Crippen molar-refractivity contribution >= 4 is 6.09 Å². The van der Waals surface area contributed by atoms with Crippen LogP contribution in [0.15, 0.2) is 0 Å². The topological polar surface area (TPSA) is 55.6 Å². The van der Waals surface area contributed by atoms with E-state index < -0.39 is 11.7 Å². The van der Waals surface area contributed by atoms with Crippen molar-refractivity contribution in [2.75, 3.05) is 13.1 Å². The van der Waals surface area contributed by atoms with Gasteiger partial charge in [0.05, 0.1) is 0 Å². The number of rotatable bonds is 4. The Labute approximate surface area is 110 Å². The Morgan fingerprint density at radius 1 is 1.28 bits per heavy atom. The first kappa shape index (κ1) is 13.7. The highest BCUT2D eigenvalue weighted by atomic mass is 16.6. The molecule has 1 saturated carbocycles. The number of hydrogen-bond donors (Lipinski definition) is 1. The van der Waals surface area contributed by atoms with Crippen molar-refractivity contribution in [2.45, 2.75) is 64.0 Å². The van der Waals surface area contributed by atoms with Gasteiger partial charge in [0.25, 0.3) is 0 Å². The standard InChI is InChI=1S/C14H26N2O2/c1-14(2,18-13(15)17)10-11-6-5-7-12(11)16-8-3-4-9-16/h11-12H,3-10H2,1-2H3,(H2,15,17)/t11-,12-/m0/s1. The molecule has 2 fully saturated rings. The molecule has 0 radical (unpaired) electrons. The van der Waals surface area contributed by atoms with Crippen molar-refractivity contribution in [1.29, 1.82) is 0 Å². The van der Waals surface area contributed by atoms with Crippen LogP contribution in [0.4, 0.5) is 4.79 Å². The number of ether oxygens (including phenoxy) is 1. The lowest BCUT2D eigenvalue weighted by molar-refractivity contribution is 0.0172. The molecule has 4 heteroatoms. The second-order valence-corrected chi connectivity index (χ2v) is 6.39. The zero-order valence-corrected chi connectivity index (χ0v) is 11.7. The van der Waals surface area contributed by atoms with Crippen LogP contribution in [0.3, 0.4) is 0 Å². The summed E-state index contributed by atoms with van der Waals surface area (Å²) in [5.74, 6) is 0.650. The highest BCUT2D eigenvalue weighted by Gasteiger charge is 2.37.